The third-order valence-corrected chi connectivity index (χ3v) is 6.55. The smallest absolute Gasteiger partial charge is 0.242 e. The first-order valence-electron chi connectivity index (χ1n) is 9.89. The number of nitrogens with zero attached hydrogens (tertiary/aromatic N) is 3. The Kier molecular flexibility index (Phi) is 5.41. The molecule has 0 radical (unpaired) electrons. The number of rotatable bonds is 5. The van der Waals surface area contributed by atoms with E-state index in [1.54, 1.807) is 12.1 Å². The first-order valence-corrected chi connectivity index (χ1v) is 11.8. The lowest BCUT2D eigenvalue weighted by atomic mass is 9.90. The van der Waals surface area contributed by atoms with E-state index in [-0.39, 0.29) is 17.6 Å². The largest absolute Gasteiger partial charge is 0.341 e. The Morgan fingerprint density at radius 2 is 1.69 bits per heavy atom. The summed E-state index contributed by atoms with van der Waals surface area (Å²) in [6.07, 6.45) is 4.09. The van der Waals surface area contributed by atoms with Gasteiger partial charge in [0.05, 0.1) is 11.0 Å². The minimum atomic E-state index is -3.53. The Morgan fingerprint density at radius 1 is 1.03 bits per heavy atom. The van der Waals surface area contributed by atoms with E-state index in [0.717, 1.165) is 25.5 Å². The van der Waals surface area contributed by atoms with Gasteiger partial charge in [-0.15, -0.1) is 0 Å². The molecule has 1 fully saturated rings. The van der Waals surface area contributed by atoms with Crippen molar-refractivity contribution in [1.29, 1.82) is 0 Å². The highest BCUT2D eigenvalue weighted by Crippen LogP contribution is 2.23. The molecule has 2 heterocycles. The summed E-state index contributed by atoms with van der Waals surface area (Å²) < 4.78 is 25.9. The standard InChI is InChI=1S/C22H25N3O3S/c1-29(27,28)22-23-19-9-5-6-10-20(19)25(22)16-21(26)24-13-11-18(12-14-24)15-17-7-3-2-4-8-17/h2-10,18H,11-16H2,1H3. The van der Waals surface area contributed by atoms with Gasteiger partial charge in [-0.05, 0) is 42.9 Å². The van der Waals surface area contributed by atoms with Crippen molar-refractivity contribution in [3.05, 3.63) is 60.2 Å². The first-order chi connectivity index (χ1) is 13.9. The van der Waals surface area contributed by atoms with Crippen molar-refractivity contribution in [3.63, 3.8) is 0 Å². The van der Waals surface area contributed by atoms with Crippen LogP contribution in [0.2, 0.25) is 0 Å². The van der Waals surface area contributed by atoms with Crippen LogP contribution in [0.15, 0.2) is 59.8 Å². The van der Waals surface area contributed by atoms with Crippen molar-refractivity contribution < 1.29 is 13.2 Å². The maximum atomic E-state index is 12.9. The zero-order chi connectivity index (χ0) is 20.4. The van der Waals surface area contributed by atoms with Crippen LogP contribution in [0.4, 0.5) is 0 Å². The van der Waals surface area contributed by atoms with Crippen molar-refractivity contribution in [2.75, 3.05) is 19.3 Å². The molecule has 152 valence electrons. The van der Waals surface area contributed by atoms with Gasteiger partial charge in [-0.1, -0.05) is 42.5 Å². The van der Waals surface area contributed by atoms with Crippen LogP contribution in [0.3, 0.4) is 0 Å². The number of piperidine rings is 1. The van der Waals surface area contributed by atoms with E-state index in [4.69, 9.17) is 0 Å². The number of aromatic nitrogens is 2. The van der Waals surface area contributed by atoms with Gasteiger partial charge in [0.15, 0.2) is 0 Å². The van der Waals surface area contributed by atoms with Crippen LogP contribution in [-0.2, 0) is 27.6 Å². The zero-order valence-electron chi connectivity index (χ0n) is 16.5. The number of sulfone groups is 1. The second-order valence-corrected chi connectivity index (χ2v) is 9.66. The molecule has 0 N–H and O–H groups in total. The van der Waals surface area contributed by atoms with E-state index in [2.05, 4.69) is 29.2 Å². The molecular weight excluding hydrogens is 386 g/mol. The van der Waals surface area contributed by atoms with Gasteiger partial charge in [-0.3, -0.25) is 4.79 Å². The van der Waals surface area contributed by atoms with Crippen LogP contribution in [0.25, 0.3) is 11.0 Å². The van der Waals surface area contributed by atoms with Crippen LogP contribution in [0, 0.1) is 5.92 Å². The summed E-state index contributed by atoms with van der Waals surface area (Å²) in [7, 11) is -3.53. The van der Waals surface area contributed by atoms with Gasteiger partial charge in [0, 0.05) is 19.3 Å². The highest BCUT2D eigenvalue weighted by atomic mass is 32.2. The number of hydrogen-bond acceptors (Lipinski definition) is 4. The fraction of sp³-hybridized carbons (Fsp3) is 0.364. The van der Waals surface area contributed by atoms with Crippen LogP contribution in [0.5, 0.6) is 0 Å². The summed E-state index contributed by atoms with van der Waals surface area (Å²) in [5.74, 6) is 0.512. The molecule has 6 nitrogen and oxygen atoms in total. The summed E-state index contributed by atoms with van der Waals surface area (Å²) >= 11 is 0. The molecule has 3 aromatic rings. The van der Waals surface area contributed by atoms with Crippen LogP contribution in [0.1, 0.15) is 18.4 Å². The highest BCUT2D eigenvalue weighted by molar-refractivity contribution is 7.90. The molecule has 0 saturated carbocycles. The summed E-state index contributed by atoms with van der Waals surface area (Å²) in [4.78, 5) is 19.0. The number of carbonyl (C=O) groups is 1. The van der Waals surface area contributed by atoms with Crippen LogP contribution in [-0.4, -0.2) is 48.1 Å². The number of para-hydroxylation sites is 2. The lowest BCUT2D eigenvalue weighted by Crippen LogP contribution is -2.40. The van der Waals surface area contributed by atoms with Crippen molar-refractivity contribution in [3.8, 4) is 0 Å². The lowest BCUT2D eigenvalue weighted by molar-refractivity contribution is -0.133. The predicted octanol–water partition coefficient (Wildman–Crippen LogP) is 2.92. The van der Waals surface area contributed by atoms with Crippen molar-refractivity contribution in [2.45, 2.75) is 31.0 Å². The third-order valence-electron chi connectivity index (χ3n) is 5.58. The number of likely N-dealkylation sites (tertiary alicyclic amines) is 1. The average Bonchev–Trinajstić information content (AvgIpc) is 3.08. The maximum Gasteiger partial charge on any atom is 0.242 e. The van der Waals surface area contributed by atoms with Gasteiger partial charge >= 0.3 is 0 Å². The lowest BCUT2D eigenvalue weighted by Gasteiger charge is -2.32. The quantitative estimate of drug-likeness (QED) is 0.647. The van der Waals surface area contributed by atoms with Gasteiger partial charge in [-0.25, -0.2) is 13.4 Å². The molecule has 2 aromatic carbocycles. The van der Waals surface area contributed by atoms with Gasteiger partial charge in [-0.2, -0.15) is 0 Å². The molecule has 1 aromatic heterocycles. The van der Waals surface area contributed by atoms with Gasteiger partial charge < -0.3 is 9.47 Å². The normalized spacial score (nSPS) is 15.7. The molecule has 1 amide bonds. The molecule has 0 unspecified atom stereocenters. The molecule has 7 heteroatoms. The molecule has 0 atom stereocenters. The van der Waals surface area contributed by atoms with E-state index in [0.29, 0.717) is 30.0 Å². The van der Waals surface area contributed by atoms with Crippen LogP contribution >= 0.6 is 0 Å². The molecule has 0 aliphatic carbocycles. The molecule has 1 aliphatic rings. The molecule has 29 heavy (non-hydrogen) atoms. The molecular formula is C22H25N3O3S. The van der Waals surface area contributed by atoms with E-state index >= 15 is 0 Å². The maximum absolute atomic E-state index is 12.9. The number of hydrogen-bond donors (Lipinski definition) is 0. The van der Waals surface area contributed by atoms with Crippen molar-refractivity contribution in [1.82, 2.24) is 14.5 Å². The Bertz CT molecular complexity index is 1110. The fourth-order valence-corrected chi connectivity index (χ4v) is 4.89. The summed E-state index contributed by atoms with van der Waals surface area (Å²) in [6, 6.07) is 17.6. The predicted molar refractivity (Wildman–Crippen MR) is 112 cm³/mol. The SMILES string of the molecule is CS(=O)(=O)c1nc2ccccc2n1CC(=O)N1CCC(Cc2ccccc2)CC1. The molecule has 4 rings (SSSR count). The number of imidazole rings is 1. The number of fused-ring (bicyclic) bond motifs is 1. The monoisotopic (exact) mass is 411 g/mol. The highest BCUT2D eigenvalue weighted by Gasteiger charge is 2.26. The van der Waals surface area contributed by atoms with Crippen molar-refractivity contribution >= 4 is 26.8 Å². The Balaban J connectivity index is 1.45. The van der Waals surface area contributed by atoms with E-state index in [1.165, 1.54) is 10.1 Å². The second kappa shape index (κ2) is 7.99. The molecule has 1 aliphatic heterocycles. The van der Waals surface area contributed by atoms with Crippen molar-refractivity contribution in [2.24, 2.45) is 5.92 Å². The minimum Gasteiger partial charge on any atom is -0.341 e. The van der Waals surface area contributed by atoms with E-state index < -0.39 is 9.84 Å². The zero-order valence-corrected chi connectivity index (χ0v) is 17.3. The fourth-order valence-electron chi connectivity index (χ4n) is 4.06. The van der Waals surface area contributed by atoms with Gasteiger partial charge in [0.2, 0.25) is 20.9 Å². The summed E-state index contributed by atoms with van der Waals surface area (Å²) in [6.45, 7) is 1.40. The summed E-state index contributed by atoms with van der Waals surface area (Å²) in [5.41, 5.74) is 2.59. The van der Waals surface area contributed by atoms with E-state index in [1.807, 2.05) is 23.1 Å². The minimum absolute atomic E-state index is 0.00767. The number of benzene rings is 2. The summed E-state index contributed by atoms with van der Waals surface area (Å²) in [5, 5.41) is -0.0500. The Morgan fingerprint density at radius 3 is 2.38 bits per heavy atom. The second-order valence-electron chi connectivity index (χ2n) is 7.76. The Hall–Kier alpha value is -2.67. The number of carbonyl (C=O) groups excluding carboxylic acids is 1. The molecule has 0 spiro atoms. The van der Waals surface area contributed by atoms with Gasteiger partial charge in [0.25, 0.3) is 0 Å². The van der Waals surface area contributed by atoms with E-state index in [9.17, 15) is 13.2 Å². The first kappa shape index (κ1) is 19.6. The molecule has 1 saturated heterocycles. The average molecular weight is 412 g/mol. The van der Waals surface area contributed by atoms with Gasteiger partial charge in [0.1, 0.15) is 6.54 Å². The number of amides is 1. The third kappa shape index (κ3) is 4.34. The molecule has 0 bridgehead atoms. The topological polar surface area (TPSA) is 72.3 Å². The van der Waals surface area contributed by atoms with Crippen LogP contribution < -0.4 is 0 Å². The Labute approximate surface area is 171 Å².